The Balaban J connectivity index is 1.41. The van der Waals surface area contributed by atoms with Gasteiger partial charge < -0.3 is 14.2 Å². The van der Waals surface area contributed by atoms with Crippen molar-refractivity contribution in [1.82, 2.24) is 24.5 Å². The Morgan fingerprint density at radius 1 is 1.03 bits per heavy atom. The first-order chi connectivity index (χ1) is 16.2. The van der Waals surface area contributed by atoms with E-state index in [0.29, 0.717) is 30.7 Å². The van der Waals surface area contributed by atoms with Gasteiger partial charge in [-0.2, -0.15) is 22.7 Å². The lowest BCUT2D eigenvalue weighted by atomic mass is 10.1. The molecule has 1 aliphatic rings. The summed E-state index contributed by atoms with van der Waals surface area (Å²) in [6.07, 6.45) is -3.39. The monoisotopic (exact) mass is 470 g/mol. The van der Waals surface area contributed by atoms with E-state index < -0.39 is 17.8 Å². The minimum Gasteiger partial charge on any atom is -0.463 e. The number of fused-ring (bicyclic) bond motifs is 1. The largest absolute Gasteiger partial charge is 0.463 e. The average molecular weight is 470 g/mol. The van der Waals surface area contributed by atoms with Crippen molar-refractivity contribution in [3.8, 4) is 11.5 Å². The fourth-order valence-corrected chi connectivity index (χ4v) is 4.08. The van der Waals surface area contributed by atoms with E-state index in [2.05, 4.69) is 26.9 Å². The van der Waals surface area contributed by atoms with Gasteiger partial charge in [0.15, 0.2) is 11.5 Å². The Hall–Kier alpha value is -3.89. The summed E-state index contributed by atoms with van der Waals surface area (Å²) < 4.78 is 46.9. The number of hydrogen-bond acceptors (Lipinski definition) is 6. The standard InChI is InChI=1S/C23H21F3N6O2/c1-14-5-3-6-17(15(14)2)30-8-10-31(11-9-30)21(33)20-28-22-27-16(18-7-4-12-34-18)13-19(23(24,25)26)32(22)29-20/h3-7,12-13H,8-11H2,1-2H3. The number of carbonyl (C=O) groups is 1. The number of aryl methyl sites for hydroxylation is 1. The van der Waals surface area contributed by atoms with Crippen molar-refractivity contribution in [2.45, 2.75) is 20.0 Å². The highest BCUT2D eigenvalue weighted by molar-refractivity contribution is 5.91. The molecule has 1 fully saturated rings. The lowest BCUT2D eigenvalue weighted by molar-refractivity contribution is -0.142. The number of halogens is 3. The second-order valence-corrected chi connectivity index (χ2v) is 8.15. The Kier molecular flexibility index (Phi) is 5.26. The number of furan rings is 1. The number of nitrogens with zero attached hydrogens (tertiary/aromatic N) is 6. The van der Waals surface area contributed by atoms with Crippen molar-refractivity contribution >= 4 is 17.4 Å². The van der Waals surface area contributed by atoms with E-state index in [9.17, 15) is 18.0 Å². The van der Waals surface area contributed by atoms with Crippen LogP contribution in [0.3, 0.4) is 0 Å². The number of hydrogen-bond donors (Lipinski definition) is 0. The predicted octanol–water partition coefficient (Wildman–Crippen LogP) is 3.98. The zero-order chi connectivity index (χ0) is 24.0. The number of carbonyl (C=O) groups excluding carboxylic acids is 1. The van der Waals surface area contributed by atoms with Gasteiger partial charge in [-0.15, -0.1) is 5.10 Å². The summed E-state index contributed by atoms with van der Waals surface area (Å²) in [5.41, 5.74) is 2.35. The molecule has 1 amide bonds. The normalized spacial score (nSPS) is 14.7. The first-order valence-electron chi connectivity index (χ1n) is 10.7. The van der Waals surface area contributed by atoms with Gasteiger partial charge in [0, 0.05) is 31.9 Å². The maximum Gasteiger partial charge on any atom is 0.433 e. The molecule has 8 nitrogen and oxygen atoms in total. The molecule has 0 spiro atoms. The zero-order valence-corrected chi connectivity index (χ0v) is 18.5. The zero-order valence-electron chi connectivity index (χ0n) is 18.5. The van der Waals surface area contributed by atoms with E-state index in [0.717, 1.165) is 11.8 Å². The molecule has 0 atom stereocenters. The van der Waals surface area contributed by atoms with Crippen LogP contribution in [0, 0.1) is 13.8 Å². The first kappa shape index (κ1) is 21.9. The van der Waals surface area contributed by atoms with E-state index in [4.69, 9.17) is 4.42 Å². The lowest BCUT2D eigenvalue weighted by Gasteiger charge is -2.36. The topological polar surface area (TPSA) is 79.8 Å². The molecule has 0 aliphatic carbocycles. The molecule has 176 valence electrons. The fourth-order valence-electron chi connectivity index (χ4n) is 4.08. The van der Waals surface area contributed by atoms with E-state index in [1.54, 1.807) is 11.0 Å². The summed E-state index contributed by atoms with van der Waals surface area (Å²) in [7, 11) is 0. The third-order valence-corrected chi connectivity index (χ3v) is 6.05. The minimum absolute atomic E-state index is 0.0432. The number of aromatic nitrogens is 4. The van der Waals surface area contributed by atoms with Crippen LogP contribution in [-0.2, 0) is 6.18 Å². The number of amides is 1. The second-order valence-electron chi connectivity index (χ2n) is 8.15. The second kappa shape index (κ2) is 8.15. The van der Waals surface area contributed by atoms with Gasteiger partial charge in [-0.25, -0.2) is 4.98 Å². The molecule has 34 heavy (non-hydrogen) atoms. The van der Waals surface area contributed by atoms with Gasteiger partial charge >= 0.3 is 6.18 Å². The van der Waals surface area contributed by atoms with Gasteiger partial charge in [-0.05, 0) is 49.2 Å². The van der Waals surface area contributed by atoms with E-state index in [-0.39, 0.29) is 23.1 Å². The number of alkyl halides is 3. The molecule has 1 saturated heterocycles. The highest BCUT2D eigenvalue weighted by Gasteiger charge is 2.37. The summed E-state index contributed by atoms with van der Waals surface area (Å²) in [4.78, 5) is 25.0. The molecule has 5 rings (SSSR count). The Labute approximate surface area is 192 Å². The van der Waals surface area contributed by atoms with E-state index in [1.165, 1.54) is 23.5 Å². The number of rotatable bonds is 3. The summed E-state index contributed by atoms with van der Waals surface area (Å²) in [5, 5.41) is 3.87. The van der Waals surface area contributed by atoms with Crippen LogP contribution >= 0.6 is 0 Å². The van der Waals surface area contributed by atoms with Crippen LogP contribution in [0.25, 0.3) is 17.2 Å². The van der Waals surface area contributed by atoms with E-state index >= 15 is 0 Å². The molecule has 0 unspecified atom stereocenters. The Morgan fingerprint density at radius 2 is 1.79 bits per heavy atom. The van der Waals surface area contributed by atoms with Gasteiger partial charge in [-0.1, -0.05) is 12.1 Å². The van der Waals surface area contributed by atoms with Crippen LogP contribution in [-0.4, -0.2) is 56.6 Å². The molecule has 0 radical (unpaired) electrons. The van der Waals surface area contributed by atoms with Crippen molar-refractivity contribution in [2.75, 3.05) is 31.1 Å². The summed E-state index contributed by atoms with van der Waals surface area (Å²) in [5.74, 6) is -1.02. The van der Waals surface area contributed by atoms with Crippen molar-refractivity contribution in [3.63, 3.8) is 0 Å². The molecule has 0 N–H and O–H groups in total. The molecule has 0 bridgehead atoms. The molecule has 1 aromatic carbocycles. The van der Waals surface area contributed by atoms with Crippen molar-refractivity contribution < 1.29 is 22.4 Å². The molecular formula is C23H21F3N6O2. The average Bonchev–Trinajstić information content (AvgIpc) is 3.49. The Bertz CT molecular complexity index is 1360. The molecule has 4 aromatic rings. The number of benzene rings is 1. The maximum absolute atomic E-state index is 13.7. The van der Waals surface area contributed by atoms with Crippen LogP contribution in [0.4, 0.5) is 18.9 Å². The van der Waals surface area contributed by atoms with Crippen LogP contribution in [0.5, 0.6) is 0 Å². The van der Waals surface area contributed by atoms with Gasteiger partial charge in [0.25, 0.3) is 11.7 Å². The quantitative estimate of drug-likeness (QED) is 0.451. The molecule has 0 saturated carbocycles. The number of anilines is 1. The van der Waals surface area contributed by atoms with Gasteiger partial charge in [0.05, 0.1) is 6.26 Å². The maximum atomic E-state index is 13.7. The van der Waals surface area contributed by atoms with Crippen LogP contribution in [0.2, 0.25) is 0 Å². The predicted molar refractivity (Wildman–Crippen MR) is 118 cm³/mol. The van der Waals surface area contributed by atoms with Crippen molar-refractivity contribution in [1.29, 1.82) is 0 Å². The highest BCUT2D eigenvalue weighted by Crippen LogP contribution is 2.32. The van der Waals surface area contributed by atoms with E-state index in [1.807, 2.05) is 25.1 Å². The molecular weight excluding hydrogens is 449 g/mol. The Morgan fingerprint density at radius 3 is 2.47 bits per heavy atom. The third-order valence-electron chi connectivity index (χ3n) is 6.05. The minimum atomic E-state index is -4.73. The first-order valence-corrected chi connectivity index (χ1v) is 10.7. The summed E-state index contributed by atoms with van der Waals surface area (Å²) in [6, 6.07) is 9.97. The van der Waals surface area contributed by atoms with Crippen molar-refractivity contribution in [2.24, 2.45) is 0 Å². The van der Waals surface area contributed by atoms with Gasteiger partial charge in [0.2, 0.25) is 5.82 Å². The number of piperazine rings is 1. The molecule has 11 heteroatoms. The molecule has 4 heterocycles. The molecule has 1 aliphatic heterocycles. The fraction of sp³-hybridized carbons (Fsp3) is 0.304. The van der Waals surface area contributed by atoms with Crippen LogP contribution in [0.1, 0.15) is 27.4 Å². The molecule has 3 aromatic heterocycles. The highest BCUT2D eigenvalue weighted by atomic mass is 19.4. The SMILES string of the molecule is Cc1cccc(N2CCN(C(=O)c3nc4nc(-c5ccco5)cc(C(F)(F)F)n4n3)CC2)c1C. The summed E-state index contributed by atoms with van der Waals surface area (Å²) in [6.45, 7) is 6.10. The lowest BCUT2D eigenvalue weighted by Crippen LogP contribution is -2.49. The van der Waals surface area contributed by atoms with Gasteiger partial charge in [-0.3, -0.25) is 4.79 Å². The summed E-state index contributed by atoms with van der Waals surface area (Å²) >= 11 is 0. The third kappa shape index (κ3) is 3.87. The van der Waals surface area contributed by atoms with Crippen LogP contribution < -0.4 is 4.90 Å². The van der Waals surface area contributed by atoms with Crippen LogP contribution in [0.15, 0.2) is 47.1 Å². The smallest absolute Gasteiger partial charge is 0.433 e. The van der Waals surface area contributed by atoms with Crippen molar-refractivity contribution in [3.05, 3.63) is 65.3 Å². The van der Waals surface area contributed by atoms with Gasteiger partial charge in [0.1, 0.15) is 5.69 Å².